The van der Waals surface area contributed by atoms with Crippen LogP contribution in [0.2, 0.25) is 0 Å². The van der Waals surface area contributed by atoms with Crippen LogP contribution in [0.15, 0.2) is 67.0 Å². The number of benzene rings is 3. The molecule has 4 aromatic rings. The van der Waals surface area contributed by atoms with E-state index in [1.807, 2.05) is 30.3 Å². The lowest BCUT2D eigenvalue weighted by atomic mass is 10.0. The molecule has 5 N–H and O–H groups in total. The summed E-state index contributed by atoms with van der Waals surface area (Å²) in [5.74, 6) is -3.22. The minimum atomic E-state index is -0.946. The van der Waals surface area contributed by atoms with Gasteiger partial charge < -0.3 is 30.3 Å². The first-order valence-electron chi connectivity index (χ1n) is 9.63. The predicted octanol–water partition coefficient (Wildman–Crippen LogP) is 3.47. The Balaban J connectivity index is 1.66. The van der Waals surface area contributed by atoms with Crippen LogP contribution in [-0.2, 0) is 4.79 Å². The Labute approximate surface area is 181 Å². The molecule has 162 valence electrons. The van der Waals surface area contributed by atoms with Gasteiger partial charge in [-0.1, -0.05) is 30.3 Å². The van der Waals surface area contributed by atoms with E-state index < -0.39 is 29.4 Å². The van der Waals surface area contributed by atoms with E-state index in [4.69, 9.17) is 0 Å². The van der Waals surface area contributed by atoms with Gasteiger partial charge in [0.2, 0.25) is 0 Å². The van der Waals surface area contributed by atoms with Gasteiger partial charge in [-0.2, -0.15) is 0 Å². The molecule has 0 radical (unpaired) electrons. The number of imidazole rings is 1. The van der Waals surface area contributed by atoms with Crippen molar-refractivity contribution in [1.29, 1.82) is 0 Å². The van der Waals surface area contributed by atoms with E-state index in [2.05, 4.69) is 10.3 Å². The highest BCUT2D eigenvalue weighted by molar-refractivity contribution is 6.08. The molecule has 0 bridgehead atoms. The van der Waals surface area contributed by atoms with Gasteiger partial charge in [-0.05, 0) is 23.8 Å². The molecule has 1 atom stereocenters. The number of nitrogens with one attached hydrogen (secondary N) is 1. The van der Waals surface area contributed by atoms with E-state index in [-0.39, 0.29) is 17.7 Å². The number of carbonyl (C=O) groups is 2. The van der Waals surface area contributed by atoms with Gasteiger partial charge in [0.15, 0.2) is 0 Å². The maximum absolute atomic E-state index is 12.5. The van der Waals surface area contributed by atoms with Crippen molar-refractivity contribution in [3.8, 4) is 17.2 Å². The Kier molecular flexibility index (Phi) is 5.38. The third-order valence-corrected chi connectivity index (χ3v) is 5.03. The molecule has 1 amide bonds. The van der Waals surface area contributed by atoms with Gasteiger partial charge >= 0.3 is 5.97 Å². The Morgan fingerprint density at radius 2 is 1.66 bits per heavy atom. The molecule has 0 saturated carbocycles. The Bertz CT molecular complexity index is 1290. The highest BCUT2D eigenvalue weighted by atomic mass is 16.4. The zero-order chi connectivity index (χ0) is 22.8. The number of carboxylic acids is 1. The lowest BCUT2D eigenvalue weighted by Gasteiger charge is -2.18. The van der Waals surface area contributed by atoms with Crippen molar-refractivity contribution in [1.82, 2.24) is 9.55 Å². The normalized spacial score (nSPS) is 11.9. The fourth-order valence-electron chi connectivity index (χ4n) is 3.60. The predicted molar refractivity (Wildman–Crippen MR) is 116 cm³/mol. The van der Waals surface area contributed by atoms with Crippen molar-refractivity contribution in [2.24, 2.45) is 0 Å². The number of hydrogen-bond donors (Lipinski definition) is 5. The molecule has 9 nitrogen and oxygen atoms in total. The molecule has 1 unspecified atom stereocenters. The molecule has 0 spiro atoms. The van der Waals surface area contributed by atoms with Gasteiger partial charge in [0, 0.05) is 17.8 Å². The van der Waals surface area contributed by atoms with Crippen molar-refractivity contribution in [3.05, 3.63) is 78.1 Å². The summed E-state index contributed by atoms with van der Waals surface area (Å²) in [5.41, 5.74) is 2.00. The summed E-state index contributed by atoms with van der Waals surface area (Å²) in [6.45, 7) is 0. The lowest BCUT2D eigenvalue weighted by molar-refractivity contribution is -0.137. The van der Waals surface area contributed by atoms with E-state index in [1.165, 1.54) is 0 Å². The molecule has 4 rings (SSSR count). The van der Waals surface area contributed by atoms with E-state index in [1.54, 1.807) is 29.1 Å². The fraction of sp³-hybridized carbons (Fsp3) is 0.0870. The summed E-state index contributed by atoms with van der Waals surface area (Å²) in [6.07, 6.45) is 1.42. The van der Waals surface area contributed by atoms with Crippen molar-refractivity contribution in [3.63, 3.8) is 0 Å². The highest BCUT2D eigenvalue weighted by Crippen LogP contribution is 2.33. The maximum atomic E-state index is 12.5. The largest absolute Gasteiger partial charge is 0.508 e. The average molecular weight is 433 g/mol. The summed E-state index contributed by atoms with van der Waals surface area (Å²) in [5, 5.41) is 41.1. The zero-order valence-electron chi connectivity index (χ0n) is 16.6. The number of nitrogens with zero attached hydrogens (tertiary/aromatic N) is 2. The third kappa shape index (κ3) is 4.04. The molecule has 1 aromatic heterocycles. The molecule has 3 aromatic carbocycles. The van der Waals surface area contributed by atoms with Crippen LogP contribution in [-0.4, -0.2) is 41.9 Å². The van der Waals surface area contributed by atoms with Crippen LogP contribution in [0.4, 0.5) is 5.69 Å². The van der Waals surface area contributed by atoms with Crippen molar-refractivity contribution in [2.75, 3.05) is 5.32 Å². The molecule has 0 aliphatic heterocycles. The first-order chi connectivity index (χ1) is 15.3. The first kappa shape index (κ1) is 20.7. The van der Waals surface area contributed by atoms with Crippen LogP contribution in [0.1, 0.15) is 28.4 Å². The smallest absolute Gasteiger partial charge is 0.305 e. The van der Waals surface area contributed by atoms with Crippen LogP contribution in [0.5, 0.6) is 17.2 Å². The van der Waals surface area contributed by atoms with Gasteiger partial charge in [-0.15, -0.1) is 0 Å². The fourth-order valence-corrected chi connectivity index (χ4v) is 3.60. The molecule has 1 heterocycles. The molecule has 0 aliphatic rings. The van der Waals surface area contributed by atoms with Gasteiger partial charge in [0.25, 0.3) is 5.91 Å². The van der Waals surface area contributed by atoms with Gasteiger partial charge in [-0.25, -0.2) is 4.98 Å². The number of hydrogen-bond acceptors (Lipinski definition) is 6. The minimum Gasteiger partial charge on any atom is -0.508 e. The van der Waals surface area contributed by atoms with Crippen LogP contribution in [0.25, 0.3) is 11.0 Å². The SMILES string of the molecule is O=C(O)CC(c1ccccc1)n1cnc2cc(NC(=O)c3c(O)cc(O)cc3O)ccc21. The molecule has 9 heteroatoms. The standard InChI is InChI=1S/C23H19N3O6/c27-15-9-19(28)22(20(29)10-15)23(32)25-14-6-7-17-16(8-14)24-12-26(17)18(11-21(30)31)13-4-2-1-3-5-13/h1-10,12,18,27-29H,11H2,(H,25,32)(H,30,31). The quantitative estimate of drug-likeness (QED) is 0.313. The number of anilines is 1. The van der Waals surface area contributed by atoms with Crippen molar-refractivity contribution >= 4 is 28.6 Å². The molecule has 0 saturated heterocycles. The summed E-state index contributed by atoms with van der Waals surface area (Å²) < 4.78 is 1.77. The highest BCUT2D eigenvalue weighted by Gasteiger charge is 2.21. The summed E-state index contributed by atoms with van der Waals surface area (Å²) in [4.78, 5) is 28.3. The van der Waals surface area contributed by atoms with Crippen molar-refractivity contribution in [2.45, 2.75) is 12.5 Å². The number of carbonyl (C=O) groups excluding carboxylic acids is 1. The minimum absolute atomic E-state index is 0.132. The summed E-state index contributed by atoms with van der Waals surface area (Å²) in [7, 11) is 0. The molecule has 0 aliphatic carbocycles. The molecule has 0 fully saturated rings. The number of amides is 1. The molecular formula is C23H19N3O6. The summed E-state index contributed by atoms with van der Waals surface area (Å²) in [6, 6.07) is 15.6. The number of aromatic nitrogens is 2. The number of aliphatic carboxylic acids is 1. The van der Waals surface area contributed by atoms with Gasteiger partial charge in [0.1, 0.15) is 22.8 Å². The number of fused-ring (bicyclic) bond motifs is 1. The number of rotatable bonds is 6. The van der Waals surface area contributed by atoms with E-state index in [0.29, 0.717) is 16.7 Å². The number of aromatic hydroxyl groups is 3. The second-order valence-corrected chi connectivity index (χ2v) is 7.19. The zero-order valence-corrected chi connectivity index (χ0v) is 16.6. The van der Waals surface area contributed by atoms with E-state index in [0.717, 1.165) is 17.7 Å². The average Bonchev–Trinajstić information content (AvgIpc) is 3.14. The number of phenols is 3. The topological polar surface area (TPSA) is 145 Å². The van der Waals surface area contributed by atoms with E-state index in [9.17, 15) is 30.0 Å². The monoisotopic (exact) mass is 433 g/mol. The van der Waals surface area contributed by atoms with Crippen LogP contribution in [0, 0.1) is 0 Å². The second-order valence-electron chi connectivity index (χ2n) is 7.19. The lowest BCUT2D eigenvalue weighted by Crippen LogP contribution is -2.14. The van der Waals surface area contributed by atoms with Crippen LogP contribution in [0.3, 0.4) is 0 Å². The molecule has 32 heavy (non-hydrogen) atoms. The van der Waals surface area contributed by atoms with Crippen molar-refractivity contribution < 1.29 is 30.0 Å². The molecular weight excluding hydrogens is 414 g/mol. The Morgan fingerprint density at radius 3 is 2.31 bits per heavy atom. The maximum Gasteiger partial charge on any atom is 0.305 e. The number of phenolic OH excluding ortho intramolecular Hbond substituents is 3. The van der Waals surface area contributed by atoms with Crippen LogP contribution >= 0.6 is 0 Å². The first-order valence-corrected chi connectivity index (χ1v) is 9.63. The number of carboxylic acid groups (broad SMARTS) is 1. The Morgan fingerprint density at radius 1 is 0.969 bits per heavy atom. The third-order valence-electron chi connectivity index (χ3n) is 5.03. The second kappa shape index (κ2) is 8.31. The van der Waals surface area contributed by atoms with Gasteiger partial charge in [0.05, 0.1) is 29.8 Å². The van der Waals surface area contributed by atoms with Gasteiger partial charge in [-0.3, -0.25) is 9.59 Å². The van der Waals surface area contributed by atoms with Crippen LogP contribution < -0.4 is 5.32 Å². The summed E-state index contributed by atoms with van der Waals surface area (Å²) >= 11 is 0. The van der Waals surface area contributed by atoms with E-state index >= 15 is 0 Å². The Hall–Kier alpha value is -4.53.